The van der Waals surface area contributed by atoms with Crippen molar-refractivity contribution in [3.63, 3.8) is 0 Å². The van der Waals surface area contributed by atoms with Crippen molar-refractivity contribution in [1.82, 2.24) is 5.32 Å². The fourth-order valence-electron chi connectivity index (χ4n) is 1.15. The van der Waals surface area contributed by atoms with Crippen LogP contribution in [0.25, 0.3) is 0 Å². The van der Waals surface area contributed by atoms with E-state index >= 15 is 0 Å². The van der Waals surface area contributed by atoms with Gasteiger partial charge in [-0.2, -0.15) is 0 Å². The van der Waals surface area contributed by atoms with Crippen molar-refractivity contribution < 1.29 is 9.90 Å². The van der Waals surface area contributed by atoms with Crippen LogP contribution in [-0.4, -0.2) is 11.0 Å². The second-order valence-electron chi connectivity index (χ2n) is 3.01. The van der Waals surface area contributed by atoms with Gasteiger partial charge >= 0.3 is 0 Å². The number of phenols is 1. The van der Waals surface area contributed by atoms with Gasteiger partial charge in [0.05, 0.1) is 6.04 Å². The lowest BCUT2D eigenvalue weighted by atomic mass is 10.1. The molecule has 0 radical (unpaired) electrons. The van der Waals surface area contributed by atoms with Gasteiger partial charge in [0.2, 0.25) is 5.91 Å². The molecule has 1 amide bonds. The van der Waals surface area contributed by atoms with Gasteiger partial charge < -0.3 is 10.4 Å². The summed E-state index contributed by atoms with van der Waals surface area (Å²) in [5, 5.41) is 11.8. The Bertz CT molecular complexity index is 292. The zero-order valence-electron chi connectivity index (χ0n) is 7.74. The summed E-state index contributed by atoms with van der Waals surface area (Å²) in [5.74, 6) is 0.180. The molecule has 0 aliphatic heterocycles. The van der Waals surface area contributed by atoms with E-state index in [0.717, 1.165) is 5.56 Å². The predicted molar refractivity (Wildman–Crippen MR) is 50.3 cm³/mol. The van der Waals surface area contributed by atoms with E-state index in [4.69, 9.17) is 5.11 Å². The van der Waals surface area contributed by atoms with Gasteiger partial charge in [0.25, 0.3) is 0 Å². The molecule has 70 valence electrons. The number of rotatable bonds is 2. The van der Waals surface area contributed by atoms with E-state index in [2.05, 4.69) is 5.32 Å². The van der Waals surface area contributed by atoms with Crippen molar-refractivity contribution in [2.45, 2.75) is 19.9 Å². The van der Waals surface area contributed by atoms with Crippen LogP contribution in [0, 0.1) is 0 Å². The Morgan fingerprint density at radius 1 is 1.38 bits per heavy atom. The van der Waals surface area contributed by atoms with Gasteiger partial charge in [-0.15, -0.1) is 0 Å². The van der Waals surface area contributed by atoms with Crippen molar-refractivity contribution in [2.75, 3.05) is 0 Å². The fraction of sp³-hybridized carbons (Fsp3) is 0.300. The number of phenolic OH excluding ortho intramolecular Hbond substituents is 1. The van der Waals surface area contributed by atoms with Crippen LogP contribution in [0.1, 0.15) is 25.5 Å². The highest BCUT2D eigenvalue weighted by Crippen LogP contribution is 2.15. The highest BCUT2D eigenvalue weighted by atomic mass is 16.3. The van der Waals surface area contributed by atoms with E-state index in [1.165, 1.54) is 6.92 Å². The molecule has 0 saturated heterocycles. The van der Waals surface area contributed by atoms with Crippen LogP contribution in [0.5, 0.6) is 5.75 Å². The lowest BCUT2D eigenvalue weighted by Crippen LogP contribution is -2.23. The summed E-state index contributed by atoms with van der Waals surface area (Å²) in [7, 11) is 0. The van der Waals surface area contributed by atoms with Crippen LogP contribution in [-0.2, 0) is 4.79 Å². The van der Waals surface area contributed by atoms with Crippen LogP contribution >= 0.6 is 0 Å². The topological polar surface area (TPSA) is 49.3 Å². The average Bonchev–Trinajstić information content (AvgIpc) is 2.04. The van der Waals surface area contributed by atoms with Crippen molar-refractivity contribution in [1.29, 1.82) is 0 Å². The zero-order chi connectivity index (χ0) is 9.84. The molecule has 0 aliphatic carbocycles. The molecule has 3 heteroatoms. The number of benzene rings is 1. The number of amides is 1. The molecule has 0 spiro atoms. The van der Waals surface area contributed by atoms with E-state index in [1.54, 1.807) is 24.3 Å². The molecule has 0 saturated carbocycles. The van der Waals surface area contributed by atoms with Crippen LogP contribution in [0.4, 0.5) is 0 Å². The van der Waals surface area contributed by atoms with Gasteiger partial charge in [0.1, 0.15) is 5.75 Å². The second-order valence-corrected chi connectivity index (χ2v) is 3.01. The maximum Gasteiger partial charge on any atom is 0.217 e. The standard InChI is InChI=1S/C10H13NO2/c1-7(11-8(2)12)9-3-5-10(13)6-4-9/h3-7,13H,1-2H3,(H,11,12). The zero-order valence-corrected chi connectivity index (χ0v) is 7.74. The number of nitrogens with one attached hydrogen (secondary N) is 1. The first kappa shape index (κ1) is 9.58. The predicted octanol–water partition coefficient (Wildman–Crippen LogP) is 1.59. The lowest BCUT2D eigenvalue weighted by molar-refractivity contribution is -0.119. The Hall–Kier alpha value is -1.51. The molecule has 0 aliphatic rings. The lowest BCUT2D eigenvalue weighted by Gasteiger charge is -2.12. The summed E-state index contributed by atoms with van der Waals surface area (Å²) in [6.07, 6.45) is 0. The third-order valence-corrected chi connectivity index (χ3v) is 1.81. The molecule has 0 bridgehead atoms. The minimum atomic E-state index is -0.0550. The average molecular weight is 179 g/mol. The molecule has 1 aromatic carbocycles. The molecule has 1 atom stereocenters. The van der Waals surface area contributed by atoms with Crippen LogP contribution in [0.15, 0.2) is 24.3 Å². The highest BCUT2D eigenvalue weighted by Gasteiger charge is 2.05. The van der Waals surface area contributed by atoms with Crippen molar-refractivity contribution in [3.05, 3.63) is 29.8 Å². The molecule has 2 N–H and O–H groups in total. The summed E-state index contributed by atoms with van der Waals surface area (Å²) >= 11 is 0. The Kier molecular flexibility index (Phi) is 2.90. The van der Waals surface area contributed by atoms with Gasteiger partial charge in [-0.05, 0) is 24.6 Å². The molecule has 3 nitrogen and oxygen atoms in total. The van der Waals surface area contributed by atoms with Gasteiger partial charge in [-0.1, -0.05) is 12.1 Å². The Morgan fingerprint density at radius 3 is 2.38 bits per heavy atom. The number of carbonyl (C=O) groups is 1. The SMILES string of the molecule is CC(=O)NC(C)c1ccc(O)cc1. The van der Waals surface area contributed by atoms with Crippen LogP contribution in [0.2, 0.25) is 0 Å². The maximum atomic E-state index is 10.7. The van der Waals surface area contributed by atoms with Crippen LogP contribution in [0.3, 0.4) is 0 Å². The molecular weight excluding hydrogens is 166 g/mol. The number of hydrogen-bond acceptors (Lipinski definition) is 2. The number of carbonyl (C=O) groups excluding carboxylic acids is 1. The van der Waals surface area contributed by atoms with E-state index < -0.39 is 0 Å². The Balaban J connectivity index is 2.71. The summed E-state index contributed by atoms with van der Waals surface area (Å²) < 4.78 is 0. The van der Waals surface area contributed by atoms with E-state index in [0.29, 0.717) is 0 Å². The molecule has 0 aromatic heterocycles. The van der Waals surface area contributed by atoms with Gasteiger partial charge in [0.15, 0.2) is 0 Å². The number of hydrogen-bond donors (Lipinski definition) is 2. The first-order valence-electron chi connectivity index (χ1n) is 4.15. The third kappa shape index (κ3) is 2.78. The quantitative estimate of drug-likeness (QED) is 0.724. The molecule has 0 heterocycles. The summed E-state index contributed by atoms with van der Waals surface area (Å²) in [4.78, 5) is 10.7. The maximum absolute atomic E-state index is 10.7. The highest BCUT2D eigenvalue weighted by molar-refractivity contribution is 5.73. The van der Waals surface area contributed by atoms with Gasteiger partial charge in [-0.25, -0.2) is 0 Å². The summed E-state index contributed by atoms with van der Waals surface area (Å²) in [5.41, 5.74) is 0.980. The third-order valence-electron chi connectivity index (χ3n) is 1.81. The summed E-state index contributed by atoms with van der Waals surface area (Å²) in [6.45, 7) is 3.38. The normalized spacial score (nSPS) is 12.2. The minimum absolute atomic E-state index is 0.0156. The Labute approximate surface area is 77.4 Å². The van der Waals surface area contributed by atoms with Crippen molar-refractivity contribution in [2.24, 2.45) is 0 Å². The largest absolute Gasteiger partial charge is 0.508 e. The van der Waals surface area contributed by atoms with Crippen molar-refractivity contribution in [3.8, 4) is 5.75 Å². The molecule has 1 rings (SSSR count). The van der Waals surface area contributed by atoms with E-state index in [9.17, 15) is 4.79 Å². The smallest absolute Gasteiger partial charge is 0.217 e. The second kappa shape index (κ2) is 3.94. The van der Waals surface area contributed by atoms with Gasteiger partial charge in [0, 0.05) is 6.92 Å². The first-order chi connectivity index (χ1) is 6.09. The summed E-state index contributed by atoms with van der Waals surface area (Å²) in [6, 6.07) is 6.77. The minimum Gasteiger partial charge on any atom is -0.508 e. The molecule has 0 fully saturated rings. The molecular formula is C10H13NO2. The van der Waals surface area contributed by atoms with E-state index in [-0.39, 0.29) is 17.7 Å². The monoisotopic (exact) mass is 179 g/mol. The Morgan fingerprint density at radius 2 is 1.92 bits per heavy atom. The molecule has 1 unspecified atom stereocenters. The molecule has 1 aromatic rings. The van der Waals surface area contributed by atoms with Crippen molar-refractivity contribution >= 4 is 5.91 Å². The molecule has 13 heavy (non-hydrogen) atoms. The first-order valence-corrected chi connectivity index (χ1v) is 4.15. The fourth-order valence-corrected chi connectivity index (χ4v) is 1.15. The van der Waals surface area contributed by atoms with Gasteiger partial charge in [-0.3, -0.25) is 4.79 Å². The van der Waals surface area contributed by atoms with Crippen LogP contribution < -0.4 is 5.32 Å². The number of aromatic hydroxyl groups is 1. The van der Waals surface area contributed by atoms with E-state index in [1.807, 2.05) is 6.92 Å².